The molecule has 1 heterocycles. The van der Waals surface area contributed by atoms with Crippen molar-refractivity contribution in [1.82, 2.24) is 15.1 Å². The topological polar surface area (TPSA) is 29.9 Å². The molecule has 0 aliphatic rings. The second-order valence-corrected chi connectivity index (χ2v) is 4.23. The van der Waals surface area contributed by atoms with Crippen LogP contribution < -0.4 is 5.32 Å². The third-order valence-corrected chi connectivity index (χ3v) is 2.78. The lowest BCUT2D eigenvalue weighted by Gasteiger charge is -2.17. The van der Waals surface area contributed by atoms with Crippen molar-refractivity contribution in [3.63, 3.8) is 0 Å². The molecular formula is C13H23N3. The van der Waals surface area contributed by atoms with Crippen LogP contribution in [0.2, 0.25) is 0 Å². The molecule has 1 aromatic rings. The van der Waals surface area contributed by atoms with E-state index in [0.29, 0.717) is 6.04 Å². The van der Waals surface area contributed by atoms with Crippen LogP contribution in [-0.4, -0.2) is 16.8 Å². The van der Waals surface area contributed by atoms with Crippen LogP contribution in [0.15, 0.2) is 18.2 Å². The highest BCUT2D eigenvalue weighted by Gasteiger charge is 2.15. The van der Waals surface area contributed by atoms with Gasteiger partial charge in [-0.05, 0) is 39.8 Å². The minimum atomic E-state index is 0.324. The fraction of sp³-hybridized carbons (Fsp3) is 0.615. The molecule has 0 spiro atoms. The summed E-state index contributed by atoms with van der Waals surface area (Å²) in [4.78, 5) is 0. The van der Waals surface area contributed by atoms with Crippen LogP contribution in [0.25, 0.3) is 0 Å². The molecule has 3 heteroatoms. The van der Waals surface area contributed by atoms with E-state index in [1.807, 2.05) is 7.05 Å². The van der Waals surface area contributed by atoms with Crippen LogP contribution >= 0.6 is 0 Å². The van der Waals surface area contributed by atoms with E-state index in [4.69, 9.17) is 0 Å². The summed E-state index contributed by atoms with van der Waals surface area (Å²) in [7, 11) is 1.99. The maximum Gasteiger partial charge on any atom is 0.0625 e. The summed E-state index contributed by atoms with van der Waals surface area (Å²) >= 11 is 0. The molecule has 1 N–H and O–H groups in total. The molecule has 0 aromatic carbocycles. The van der Waals surface area contributed by atoms with Gasteiger partial charge >= 0.3 is 0 Å². The predicted octanol–water partition coefficient (Wildman–Crippen LogP) is 2.69. The molecule has 1 unspecified atom stereocenters. The summed E-state index contributed by atoms with van der Waals surface area (Å²) in [5.41, 5.74) is 3.63. The van der Waals surface area contributed by atoms with E-state index < -0.39 is 0 Å². The SMILES string of the molecule is C=C(C)CC(NC)c1cc(CC)nn1CC. The number of rotatable bonds is 6. The first-order valence-electron chi connectivity index (χ1n) is 6.00. The zero-order valence-electron chi connectivity index (χ0n) is 10.9. The van der Waals surface area contributed by atoms with Crippen LogP contribution in [-0.2, 0) is 13.0 Å². The summed E-state index contributed by atoms with van der Waals surface area (Å²) in [5.74, 6) is 0. The van der Waals surface area contributed by atoms with Crippen molar-refractivity contribution >= 4 is 0 Å². The lowest BCUT2D eigenvalue weighted by atomic mass is 10.1. The van der Waals surface area contributed by atoms with Gasteiger partial charge in [-0.25, -0.2) is 0 Å². The second-order valence-electron chi connectivity index (χ2n) is 4.23. The van der Waals surface area contributed by atoms with Gasteiger partial charge < -0.3 is 5.32 Å². The Morgan fingerprint density at radius 2 is 2.25 bits per heavy atom. The second kappa shape index (κ2) is 5.85. The maximum atomic E-state index is 4.57. The van der Waals surface area contributed by atoms with Gasteiger partial charge in [-0.1, -0.05) is 12.5 Å². The van der Waals surface area contributed by atoms with Crippen molar-refractivity contribution in [2.24, 2.45) is 0 Å². The van der Waals surface area contributed by atoms with E-state index in [1.165, 1.54) is 17.0 Å². The number of hydrogen-bond acceptors (Lipinski definition) is 2. The molecule has 0 bridgehead atoms. The highest BCUT2D eigenvalue weighted by molar-refractivity contribution is 5.16. The molecule has 16 heavy (non-hydrogen) atoms. The first-order valence-corrected chi connectivity index (χ1v) is 6.00. The number of aryl methyl sites for hydroxylation is 2. The fourth-order valence-corrected chi connectivity index (χ4v) is 1.90. The summed E-state index contributed by atoms with van der Waals surface area (Å²) in [6, 6.07) is 2.53. The molecule has 1 atom stereocenters. The third-order valence-electron chi connectivity index (χ3n) is 2.78. The molecule has 0 saturated heterocycles. The van der Waals surface area contributed by atoms with Crippen molar-refractivity contribution in [3.8, 4) is 0 Å². The van der Waals surface area contributed by atoms with Gasteiger partial charge in [0.1, 0.15) is 0 Å². The number of aromatic nitrogens is 2. The Balaban J connectivity index is 2.97. The van der Waals surface area contributed by atoms with Crippen molar-refractivity contribution in [2.75, 3.05) is 7.05 Å². The molecule has 0 aliphatic heterocycles. The molecule has 0 fully saturated rings. The van der Waals surface area contributed by atoms with Gasteiger partial charge in [-0.3, -0.25) is 4.68 Å². The third kappa shape index (κ3) is 2.95. The smallest absolute Gasteiger partial charge is 0.0625 e. The molecule has 0 aliphatic carbocycles. The van der Waals surface area contributed by atoms with Crippen molar-refractivity contribution < 1.29 is 0 Å². The highest BCUT2D eigenvalue weighted by Crippen LogP contribution is 2.21. The molecule has 1 rings (SSSR count). The molecule has 90 valence electrons. The van der Waals surface area contributed by atoms with E-state index >= 15 is 0 Å². The summed E-state index contributed by atoms with van der Waals surface area (Å²) < 4.78 is 2.09. The Kier molecular flexibility index (Phi) is 4.74. The largest absolute Gasteiger partial charge is 0.311 e. The van der Waals surface area contributed by atoms with Gasteiger partial charge in [-0.2, -0.15) is 5.10 Å². The Hall–Kier alpha value is -1.09. The van der Waals surface area contributed by atoms with Gasteiger partial charge in [0.25, 0.3) is 0 Å². The van der Waals surface area contributed by atoms with Crippen molar-refractivity contribution in [1.29, 1.82) is 0 Å². The number of nitrogens with one attached hydrogen (secondary N) is 1. The van der Waals surface area contributed by atoms with Crippen LogP contribution in [0.1, 0.15) is 44.6 Å². The lowest BCUT2D eigenvalue weighted by molar-refractivity contribution is 0.511. The molecule has 0 radical (unpaired) electrons. The summed E-state index contributed by atoms with van der Waals surface area (Å²) in [5, 5.41) is 7.91. The van der Waals surface area contributed by atoms with Crippen LogP contribution in [0.5, 0.6) is 0 Å². The Labute approximate surface area is 98.5 Å². The number of hydrogen-bond donors (Lipinski definition) is 1. The zero-order chi connectivity index (χ0) is 12.1. The van der Waals surface area contributed by atoms with Crippen molar-refractivity contribution in [2.45, 2.75) is 46.2 Å². The highest BCUT2D eigenvalue weighted by atomic mass is 15.3. The summed E-state index contributed by atoms with van der Waals surface area (Å²) in [6.07, 6.45) is 1.95. The van der Waals surface area contributed by atoms with Gasteiger partial charge in [0.15, 0.2) is 0 Å². The predicted molar refractivity (Wildman–Crippen MR) is 68.5 cm³/mol. The maximum absolute atomic E-state index is 4.57. The van der Waals surface area contributed by atoms with Gasteiger partial charge in [0.2, 0.25) is 0 Å². The molecule has 3 nitrogen and oxygen atoms in total. The Morgan fingerprint density at radius 3 is 2.69 bits per heavy atom. The average molecular weight is 221 g/mol. The molecule has 0 amide bonds. The zero-order valence-corrected chi connectivity index (χ0v) is 10.9. The van der Waals surface area contributed by atoms with Crippen molar-refractivity contribution in [3.05, 3.63) is 29.6 Å². The standard InChI is InChI=1S/C13H23N3/c1-6-11-9-13(16(7-2)15-11)12(14-5)8-10(3)4/h9,12,14H,3,6-8H2,1-2,4-5H3. The summed E-state index contributed by atoms with van der Waals surface area (Å²) in [6.45, 7) is 11.2. The minimum absolute atomic E-state index is 0.324. The molecule has 1 aromatic heterocycles. The van der Waals surface area contributed by atoms with E-state index in [2.05, 4.69) is 48.5 Å². The number of nitrogens with zero attached hydrogens (tertiary/aromatic N) is 2. The van der Waals surface area contributed by atoms with Gasteiger partial charge in [0, 0.05) is 6.54 Å². The van der Waals surface area contributed by atoms with E-state index in [-0.39, 0.29) is 0 Å². The first kappa shape index (κ1) is 13.0. The Morgan fingerprint density at radius 1 is 1.56 bits per heavy atom. The molecule has 0 saturated carbocycles. The lowest BCUT2D eigenvalue weighted by Crippen LogP contribution is -2.20. The van der Waals surface area contributed by atoms with Gasteiger partial charge in [0.05, 0.1) is 17.4 Å². The van der Waals surface area contributed by atoms with Crippen LogP contribution in [0.3, 0.4) is 0 Å². The first-order chi connectivity index (χ1) is 7.62. The normalized spacial score (nSPS) is 12.8. The monoisotopic (exact) mass is 221 g/mol. The van der Waals surface area contributed by atoms with E-state index in [1.54, 1.807) is 0 Å². The average Bonchev–Trinajstić information content (AvgIpc) is 2.68. The fourth-order valence-electron chi connectivity index (χ4n) is 1.90. The minimum Gasteiger partial charge on any atom is -0.311 e. The van der Waals surface area contributed by atoms with E-state index in [9.17, 15) is 0 Å². The van der Waals surface area contributed by atoms with Crippen LogP contribution in [0, 0.1) is 0 Å². The molecular weight excluding hydrogens is 198 g/mol. The van der Waals surface area contributed by atoms with E-state index in [0.717, 1.165) is 19.4 Å². The van der Waals surface area contributed by atoms with Gasteiger partial charge in [-0.15, -0.1) is 6.58 Å². The van der Waals surface area contributed by atoms with Crippen LogP contribution in [0.4, 0.5) is 0 Å². The quantitative estimate of drug-likeness (QED) is 0.748. The Bertz CT molecular complexity index is 352.